The van der Waals surface area contributed by atoms with Crippen LogP contribution in [-0.4, -0.2) is 4.40 Å². The Kier molecular flexibility index (Phi) is 7.64. The Labute approximate surface area is 339 Å². The predicted molar refractivity (Wildman–Crippen MR) is 249 cm³/mol. The fourth-order valence-electron chi connectivity index (χ4n) is 9.61. The molecule has 0 aliphatic carbocycles. The third-order valence-corrected chi connectivity index (χ3v) is 12.3. The molecule has 278 valence electrons. The van der Waals surface area contributed by atoms with Gasteiger partial charge in [-0.05, 0) is 116 Å². The van der Waals surface area contributed by atoms with Gasteiger partial charge in [0.25, 0.3) is 0 Å². The highest BCUT2D eigenvalue weighted by Crippen LogP contribution is 2.53. The van der Waals surface area contributed by atoms with Gasteiger partial charge in [0.05, 0.1) is 27.9 Å². The van der Waals surface area contributed by atoms with Gasteiger partial charge in [-0.15, -0.1) is 0 Å². The molecule has 9 aromatic carbocycles. The zero-order valence-corrected chi connectivity index (χ0v) is 33.5. The molecule has 0 spiro atoms. The molecule has 0 aliphatic heterocycles. The SMILES string of the molecule is Cc1ccc(C)c(N(c2ccccc2)c2c3ccccc3cc3c2c2cccc4c5c(N(c6ccccc6C)c6cc(C)ccc6C)c6ccccc6cc5n3c24)c1. The van der Waals surface area contributed by atoms with Gasteiger partial charge in [0.1, 0.15) is 0 Å². The van der Waals surface area contributed by atoms with Gasteiger partial charge in [0.2, 0.25) is 0 Å². The number of rotatable bonds is 6. The number of aromatic nitrogens is 1. The van der Waals surface area contributed by atoms with Gasteiger partial charge in [-0.1, -0.05) is 127 Å². The number of benzene rings is 9. The molecule has 0 saturated heterocycles. The number of para-hydroxylation sites is 3. The molecule has 3 nitrogen and oxygen atoms in total. The number of aryl methyl sites for hydroxylation is 5. The Bertz CT molecular complexity index is 3410. The highest BCUT2D eigenvalue weighted by Gasteiger charge is 2.29. The van der Waals surface area contributed by atoms with Crippen LogP contribution >= 0.6 is 0 Å². The molecular weight excluding hydrogens is 703 g/mol. The van der Waals surface area contributed by atoms with E-state index in [9.17, 15) is 0 Å². The molecule has 0 atom stereocenters. The molecule has 0 fully saturated rings. The summed E-state index contributed by atoms with van der Waals surface area (Å²) in [5.74, 6) is 0. The summed E-state index contributed by atoms with van der Waals surface area (Å²) in [5.41, 5.74) is 17.0. The van der Waals surface area contributed by atoms with Crippen molar-refractivity contribution in [3.8, 4) is 0 Å². The molecule has 2 aromatic heterocycles. The standard InChI is InChI=1S/C55H43N3/c1-34-26-28-37(4)47(30-34)56(41-19-7-6-8-20-41)54-42-21-12-10-17-39(42)32-49-51(54)44-23-15-24-45-52-50(58(49)53(44)45)33-40-18-11-13-22-43(40)55(52)57(46-25-14-9-16-36(46)3)48-31-35(2)27-29-38(48)5/h6-33H,1-5H3. The van der Waals surface area contributed by atoms with E-state index < -0.39 is 0 Å². The van der Waals surface area contributed by atoms with Gasteiger partial charge in [0.15, 0.2) is 0 Å². The summed E-state index contributed by atoms with van der Waals surface area (Å²) in [6, 6.07) is 63.1. The molecule has 58 heavy (non-hydrogen) atoms. The van der Waals surface area contributed by atoms with Crippen LogP contribution in [0.4, 0.5) is 34.1 Å². The van der Waals surface area contributed by atoms with Crippen LogP contribution in [0.3, 0.4) is 0 Å². The van der Waals surface area contributed by atoms with E-state index in [0.29, 0.717) is 0 Å². The van der Waals surface area contributed by atoms with E-state index in [1.807, 2.05) is 0 Å². The molecular formula is C55H43N3. The summed E-state index contributed by atoms with van der Waals surface area (Å²) < 4.78 is 2.58. The zero-order chi connectivity index (χ0) is 39.2. The average Bonchev–Trinajstić information content (AvgIpc) is 3.76. The molecule has 0 unspecified atom stereocenters. The van der Waals surface area contributed by atoms with Crippen molar-refractivity contribution >= 4 is 93.8 Å². The van der Waals surface area contributed by atoms with Crippen molar-refractivity contribution in [1.82, 2.24) is 4.40 Å². The van der Waals surface area contributed by atoms with Crippen molar-refractivity contribution in [2.45, 2.75) is 34.6 Å². The van der Waals surface area contributed by atoms with Crippen LogP contribution in [0.15, 0.2) is 170 Å². The normalized spacial score (nSPS) is 11.9. The van der Waals surface area contributed by atoms with Crippen LogP contribution in [0.25, 0.3) is 59.6 Å². The number of hydrogen-bond donors (Lipinski definition) is 0. The Morgan fingerprint density at radius 2 is 0.828 bits per heavy atom. The van der Waals surface area contributed by atoms with Gasteiger partial charge in [-0.25, -0.2) is 0 Å². The third-order valence-electron chi connectivity index (χ3n) is 12.3. The topological polar surface area (TPSA) is 10.9 Å². The van der Waals surface area contributed by atoms with E-state index in [2.05, 4.69) is 219 Å². The second-order valence-electron chi connectivity index (χ2n) is 16.1. The van der Waals surface area contributed by atoms with Crippen LogP contribution in [0.1, 0.15) is 27.8 Å². The van der Waals surface area contributed by atoms with Crippen molar-refractivity contribution in [3.63, 3.8) is 0 Å². The summed E-state index contributed by atoms with van der Waals surface area (Å²) in [7, 11) is 0. The molecule has 0 radical (unpaired) electrons. The van der Waals surface area contributed by atoms with Crippen LogP contribution in [0.2, 0.25) is 0 Å². The summed E-state index contributed by atoms with van der Waals surface area (Å²) in [6.45, 7) is 11.1. The maximum Gasteiger partial charge on any atom is 0.0640 e. The van der Waals surface area contributed by atoms with Crippen molar-refractivity contribution in [3.05, 3.63) is 198 Å². The molecule has 11 rings (SSSR count). The van der Waals surface area contributed by atoms with E-state index >= 15 is 0 Å². The summed E-state index contributed by atoms with van der Waals surface area (Å²) >= 11 is 0. The highest BCUT2D eigenvalue weighted by molar-refractivity contribution is 6.33. The predicted octanol–water partition coefficient (Wildman–Crippen LogP) is 15.6. The van der Waals surface area contributed by atoms with E-state index in [4.69, 9.17) is 0 Å². The van der Waals surface area contributed by atoms with Crippen LogP contribution < -0.4 is 9.80 Å². The van der Waals surface area contributed by atoms with Crippen LogP contribution in [0, 0.1) is 34.6 Å². The second kappa shape index (κ2) is 13.0. The maximum absolute atomic E-state index is 2.58. The first-order chi connectivity index (χ1) is 28.4. The second-order valence-corrected chi connectivity index (χ2v) is 16.1. The fraction of sp³-hybridized carbons (Fsp3) is 0.0909. The van der Waals surface area contributed by atoms with Gasteiger partial charge in [0, 0.05) is 55.1 Å². The zero-order valence-electron chi connectivity index (χ0n) is 33.5. The van der Waals surface area contributed by atoms with Crippen LogP contribution in [0.5, 0.6) is 0 Å². The van der Waals surface area contributed by atoms with E-state index in [1.165, 1.54) is 116 Å². The van der Waals surface area contributed by atoms with Crippen molar-refractivity contribution in [2.24, 2.45) is 0 Å². The average molecular weight is 746 g/mol. The lowest BCUT2D eigenvalue weighted by Gasteiger charge is -2.31. The molecule has 2 heterocycles. The first kappa shape index (κ1) is 34.2. The molecule has 0 N–H and O–H groups in total. The minimum absolute atomic E-state index is 1.14. The summed E-state index contributed by atoms with van der Waals surface area (Å²) in [6.07, 6.45) is 0. The third kappa shape index (κ3) is 4.99. The number of nitrogens with zero attached hydrogens (tertiary/aromatic N) is 3. The Balaban J connectivity index is 1.35. The van der Waals surface area contributed by atoms with E-state index in [0.717, 1.165) is 5.69 Å². The minimum Gasteiger partial charge on any atom is -0.309 e. The van der Waals surface area contributed by atoms with Gasteiger partial charge in [-0.2, -0.15) is 0 Å². The monoisotopic (exact) mass is 745 g/mol. The van der Waals surface area contributed by atoms with Crippen molar-refractivity contribution < 1.29 is 0 Å². The Morgan fingerprint density at radius 1 is 0.362 bits per heavy atom. The number of anilines is 6. The lowest BCUT2D eigenvalue weighted by atomic mass is 9.97. The van der Waals surface area contributed by atoms with Gasteiger partial charge in [-0.3, -0.25) is 0 Å². The fourth-order valence-corrected chi connectivity index (χ4v) is 9.61. The number of hydrogen-bond acceptors (Lipinski definition) is 2. The first-order valence-electron chi connectivity index (χ1n) is 20.3. The lowest BCUT2D eigenvalue weighted by Crippen LogP contribution is -2.14. The largest absolute Gasteiger partial charge is 0.309 e. The molecule has 11 aromatic rings. The first-order valence-corrected chi connectivity index (χ1v) is 20.3. The summed E-state index contributed by atoms with van der Waals surface area (Å²) in [4.78, 5) is 5.06. The summed E-state index contributed by atoms with van der Waals surface area (Å²) in [5, 5.41) is 9.90. The maximum atomic E-state index is 2.58. The highest BCUT2D eigenvalue weighted by atomic mass is 15.2. The Morgan fingerprint density at radius 3 is 1.41 bits per heavy atom. The van der Waals surface area contributed by atoms with Crippen LogP contribution in [-0.2, 0) is 0 Å². The van der Waals surface area contributed by atoms with E-state index in [1.54, 1.807) is 0 Å². The number of fused-ring (bicyclic) bond motifs is 8. The van der Waals surface area contributed by atoms with E-state index in [-0.39, 0.29) is 0 Å². The molecule has 0 bridgehead atoms. The molecule has 0 saturated carbocycles. The molecule has 0 aliphatic rings. The lowest BCUT2D eigenvalue weighted by molar-refractivity contribution is 1.23. The van der Waals surface area contributed by atoms with Gasteiger partial charge < -0.3 is 14.2 Å². The smallest absolute Gasteiger partial charge is 0.0640 e. The molecule has 3 heteroatoms. The molecule has 0 amide bonds. The van der Waals surface area contributed by atoms with Gasteiger partial charge >= 0.3 is 0 Å². The van der Waals surface area contributed by atoms with Crippen molar-refractivity contribution in [1.29, 1.82) is 0 Å². The quantitative estimate of drug-likeness (QED) is 0.168. The minimum atomic E-state index is 1.14. The Hall–Kier alpha value is -7.10. The van der Waals surface area contributed by atoms with Crippen molar-refractivity contribution in [2.75, 3.05) is 9.80 Å².